The van der Waals surface area contributed by atoms with Crippen LogP contribution < -0.4 is 0 Å². The summed E-state index contributed by atoms with van der Waals surface area (Å²) in [5.74, 6) is 0. The molecule has 2 amide bonds. The predicted octanol–water partition coefficient (Wildman–Crippen LogP) is 0.860. The fourth-order valence-electron chi connectivity index (χ4n) is 1.06. The van der Waals surface area contributed by atoms with E-state index in [1.165, 1.54) is 4.90 Å². The number of hydrogen-bond donors (Lipinski definition) is 0. The summed E-state index contributed by atoms with van der Waals surface area (Å²) in [7, 11) is 5.01. The van der Waals surface area contributed by atoms with Crippen molar-refractivity contribution in [3.63, 3.8) is 0 Å². The molecule has 0 spiro atoms. The SMILES string of the molecule is COC1(C)C=CN(C)C(=O)N1C. The Hall–Kier alpha value is -1.03. The lowest BCUT2D eigenvalue weighted by molar-refractivity contribution is -0.0586. The number of amides is 2. The molecule has 0 aromatic heterocycles. The van der Waals surface area contributed by atoms with Crippen LogP contribution in [0.3, 0.4) is 0 Å². The van der Waals surface area contributed by atoms with Crippen molar-refractivity contribution in [2.45, 2.75) is 12.6 Å². The molecule has 1 aliphatic rings. The standard InChI is InChI=1S/C8H14N2O2/c1-8(12-4)5-6-9(2)7(11)10(8)3/h5-6H,1-4H3. The molecule has 1 rings (SSSR count). The maximum atomic E-state index is 11.4. The number of rotatable bonds is 1. The topological polar surface area (TPSA) is 32.8 Å². The quantitative estimate of drug-likeness (QED) is 0.584. The van der Waals surface area contributed by atoms with E-state index >= 15 is 0 Å². The van der Waals surface area contributed by atoms with E-state index in [-0.39, 0.29) is 6.03 Å². The third-order valence-electron chi connectivity index (χ3n) is 2.28. The van der Waals surface area contributed by atoms with Gasteiger partial charge in [0.2, 0.25) is 0 Å². The van der Waals surface area contributed by atoms with Crippen LogP contribution in [0.25, 0.3) is 0 Å². The normalized spacial score (nSPS) is 29.8. The number of nitrogens with zero attached hydrogens (tertiary/aromatic N) is 2. The first-order valence-electron chi connectivity index (χ1n) is 3.76. The Morgan fingerprint density at radius 1 is 1.50 bits per heavy atom. The first-order chi connectivity index (χ1) is 5.51. The lowest BCUT2D eigenvalue weighted by atomic mass is 10.2. The molecule has 1 unspecified atom stereocenters. The summed E-state index contributed by atoms with van der Waals surface area (Å²) in [6.07, 6.45) is 3.56. The van der Waals surface area contributed by atoms with Crippen LogP contribution in [0.2, 0.25) is 0 Å². The Kier molecular flexibility index (Phi) is 2.10. The lowest BCUT2D eigenvalue weighted by Gasteiger charge is -2.40. The molecule has 0 radical (unpaired) electrons. The number of carbonyl (C=O) groups is 1. The monoisotopic (exact) mass is 170 g/mol. The van der Waals surface area contributed by atoms with E-state index < -0.39 is 5.72 Å². The van der Waals surface area contributed by atoms with Crippen molar-refractivity contribution in [3.8, 4) is 0 Å². The van der Waals surface area contributed by atoms with Crippen molar-refractivity contribution in [1.82, 2.24) is 9.80 Å². The van der Waals surface area contributed by atoms with Gasteiger partial charge in [0.05, 0.1) is 0 Å². The van der Waals surface area contributed by atoms with Crippen molar-refractivity contribution in [2.75, 3.05) is 21.2 Å². The molecule has 0 aromatic rings. The number of likely N-dealkylation sites (N-methyl/N-ethyl adjacent to an activating group) is 1. The summed E-state index contributed by atoms with van der Waals surface area (Å²) < 4.78 is 5.20. The number of ether oxygens (including phenoxy) is 1. The zero-order chi connectivity index (χ0) is 9.35. The molecule has 12 heavy (non-hydrogen) atoms. The van der Waals surface area contributed by atoms with E-state index in [9.17, 15) is 4.79 Å². The molecule has 1 atom stereocenters. The van der Waals surface area contributed by atoms with Gasteiger partial charge in [0, 0.05) is 27.4 Å². The second-order valence-corrected chi connectivity index (χ2v) is 3.03. The van der Waals surface area contributed by atoms with Gasteiger partial charge in [0.25, 0.3) is 0 Å². The maximum Gasteiger partial charge on any atom is 0.325 e. The molecule has 0 bridgehead atoms. The molecule has 0 saturated heterocycles. The molecule has 0 aromatic carbocycles. The van der Waals surface area contributed by atoms with E-state index in [1.54, 1.807) is 32.3 Å². The van der Waals surface area contributed by atoms with E-state index in [4.69, 9.17) is 4.74 Å². The van der Waals surface area contributed by atoms with Crippen LogP contribution in [0.1, 0.15) is 6.92 Å². The average Bonchev–Trinajstić information content (AvgIpc) is 2.09. The summed E-state index contributed by atoms with van der Waals surface area (Å²) in [6, 6.07) is -0.0677. The van der Waals surface area contributed by atoms with E-state index in [2.05, 4.69) is 0 Å². The zero-order valence-electron chi connectivity index (χ0n) is 7.87. The van der Waals surface area contributed by atoms with Gasteiger partial charge in [-0.25, -0.2) is 4.79 Å². The van der Waals surface area contributed by atoms with Crippen molar-refractivity contribution in [2.24, 2.45) is 0 Å². The molecule has 68 valence electrons. The highest BCUT2D eigenvalue weighted by Crippen LogP contribution is 2.21. The molecule has 4 nitrogen and oxygen atoms in total. The van der Waals surface area contributed by atoms with Crippen LogP contribution in [0.15, 0.2) is 12.3 Å². The summed E-state index contributed by atoms with van der Waals surface area (Å²) in [6.45, 7) is 1.84. The number of methoxy groups -OCH3 is 1. The van der Waals surface area contributed by atoms with Crippen molar-refractivity contribution < 1.29 is 9.53 Å². The summed E-state index contributed by atoms with van der Waals surface area (Å²) >= 11 is 0. The molecular formula is C8H14N2O2. The Labute approximate surface area is 72.4 Å². The van der Waals surface area contributed by atoms with Crippen molar-refractivity contribution >= 4 is 6.03 Å². The summed E-state index contributed by atoms with van der Waals surface area (Å²) in [4.78, 5) is 14.5. The average molecular weight is 170 g/mol. The summed E-state index contributed by atoms with van der Waals surface area (Å²) in [5, 5.41) is 0. The van der Waals surface area contributed by atoms with E-state index in [0.717, 1.165) is 0 Å². The van der Waals surface area contributed by atoms with Gasteiger partial charge >= 0.3 is 6.03 Å². The number of urea groups is 1. The van der Waals surface area contributed by atoms with Gasteiger partial charge in [0.1, 0.15) is 0 Å². The molecule has 1 heterocycles. The highest BCUT2D eigenvalue weighted by molar-refractivity contribution is 5.77. The van der Waals surface area contributed by atoms with Gasteiger partial charge in [-0.05, 0) is 13.0 Å². The van der Waals surface area contributed by atoms with Gasteiger partial charge in [-0.1, -0.05) is 0 Å². The molecule has 0 saturated carbocycles. The highest BCUT2D eigenvalue weighted by Gasteiger charge is 2.34. The fourth-order valence-corrected chi connectivity index (χ4v) is 1.06. The molecule has 0 fully saturated rings. The second kappa shape index (κ2) is 2.79. The second-order valence-electron chi connectivity index (χ2n) is 3.03. The Bertz CT molecular complexity index is 227. The van der Waals surface area contributed by atoms with Gasteiger partial charge in [0.15, 0.2) is 5.72 Å². The molecule has 0 aliphatic carbocycles. The smallest absolute Gasteiger partial charge is 0.325 e. The van der Waals surface area contributed by atoms with Crippen LogP contribution in [0, 0.1) is 0 Å². The molecule has 0 N–H and O–H groups in total. The zero-order valence-corrected chi connectivity index (χ0v) is 7.87. The van der Waals surface area contributed by atoms with Gasteiger partial charge in [-0.2, -0.15) is 0 Å². The van der Waals surface area contributed by atoms with Crippen LogP contribution in [-0.4, -0.2) is 42.8 Å². The fraction of sp³-hybridized carbons (Fsp3) is 0.625. The van der Waals surface area contributed by atoms with Gasteiger partial charge in [-0.15, -0.1) is 0 Å². The molecule has 1 aliphatic heterocycles. The van der Waals surface area contributed by atoms with Crippen LogP contribution in [0.4, 0.5) is 4.79 Å². The lowest BCUT2D eigenvalue weighted by Crippen LogP contribution is -2.53. The third-order valence-corrected chi connectivity index (χ3v) is 2.28. The first-order valence-corrected chi connectivity index (χ1v) is 3.76. The van der Waals surface area contributed by atoms with E-state index in [1.807, 2.05) is 13.0 Å². The minimum Gasteiger partial charge on any atom is -0.355 e. The Balaban J connectivity index is 2.95. The van der Waals surface area contributed by atoms with Crippen LogP contribution in [0.5, 0.6) is 0 Å². The predicted molar refractivity (Wildman–Crippen MR) is 45.5 cm³/mol. The molecule has 4 heteroatoms. The minimum atomic E-state index is -0.608. The van der Waals surface area contributed by atoms with Crippen molar-refractivity contribution in [1.29, 1.82) is 0 Å². The number of hydrogen-bond acceptors (Lipinski definition) is 2. The molecular weight excluding hydrogens is 156 g/mol. The highest BCUT2D eigenvalue weighted by atomic mass is 16.5. The van der Waals surface area contributed by atoms with E-state index in [0.29, 0.717) is 0 Å². The van der Waals surface area contributed by atoms with Crippen molar-refractivity contribution in [3.05, 3.63) is 12.3 Å². The number of carbonyl (C=O) groups excluding carboxylic acids is 1. The Morgan fingerprint density at radius 3 is 2.58 bits per heavy atom. The van der Waals surface area contributed by atoms with Gasteiger partial charge in [-0.3, -0.25) is 4.90 Å². The van der Waals surface area contributed by atoms with Crippen LogP contribution in [-0.2, 0) is 4.74 Å². The summed E-state index contributed by atoms with van der Waals surface area (Å²) in [5.41, 5.74) is -0.608. The maximum absolute atomic E-state index is 11.4. The van der Waals surface area contributed by atoms with Crippen LogP contribution >= 0.6 is 0 Å². The Morgan fingerprint density at radius 2 is 2.08 bits per heavy atom. The first kappa shape index (κ1) is 9.06. The minimum absolute atomic E-state index is 0.0677. The van der Waals surface area contributed by atoms with Gasteiger partial charge < -0.3 is 9.64 Å². The third kappa shape index (κ3) is 1.18. The largest absolute Gasteiger partial charge is 0.355 e.